The average Bonchev–Trinajstić information content (AvgIpc) is 3.10. The molecule has 6 heteroatoms. The minimum atomic E-state index is 0.353. The maximum absolute atomic E-state index is 5.41. The van der Waals surface area contributed by atoms with E-state index >= 15 is 0 Å². The van der Waals surface area contributed by atoms with Crippen LogP contribution in [0, 0.1) is 0 Å². The van der Waals surface area contributed by atoms with Crippen LogP contribution in [-0.4, -0.2) is 44.8 Å². The Morgan fingerprint density at radius 1 is 1.20 bits per heavy atom. The van der Waals surface area contributed by atoms with Crippen molar-refractivity contribution in [3.05, 3.63) is 66.5 Å². The molecule has 130 valence electrons. The highest BCUT2D eigenvalue weighted by Gasteiger charge is 2.13. The smallest absolute Gasteiger partial charge is 0.144 e. The normalized spacial score (nSPS) is 12.3. The zero-order valence-corrected chi connectivity index (χ0v) is 14.8. The predicted octanol–water partition coefficient (Wildman–Crippen LogP) is 2.73. The first-order valence-electron chi connectivity index (χ1n) is 8.29. The van der Waals surface area contributed by atoms with Crippen LogP contribution in [0.25, 0.3) is 5.69 Å². The number of likely N-dealkylation sites (N-methyl/N-ethyl adjacent to an activating group) is 1. The third-order valence-electron chi connectivity index (χ3n) is 4.27. The molecule has 0 unspecified atom stereocenters. The molecular weight excluding hydrogens is 314 g/mol. The zero-order chi connectivity index (χ0) is 17.6. The fourth-order valence-electron chi connectivity index (χ4n) is 2.73. The number of nitrogens with zero attached hydrogens (tertiary/aromatic N) is 5. The van der Waals surface area contributed by atoms with E-state index in [1.165, 1.54) is 0 Å². The summed E-state index contributed by atoms with van der Waals surface area (Å²) in [5.41, 5.74) is 3.09. The van der Waals surface area contributed by atoms with Crippen LogP contribution in [0.2, 0.25) is 0 Å². The summed E-state index contributed by atoms with van der Waals surface area (Å²) < 4.78 is 7.27. The molecule has 0 aliphatic carbocycles. The van der Waals surface area contributed by atoms with Crippen LogP contribution < -0.4 is 4.74 Å². The minimum Gasteiger partial charge on any atom is -0.494 e. The molecule has 0 N–H and O–H groups in total. The van der Waals surface area contributed by atoms with E-state index in [1.54, 1.807) is 19.5 Å². The third kappa shape index (κ3) is 4.22. The monoisotopic (exact) mass is 337 g/mol. The van der Waals surface area contributed by atoms with Crippen molar-refractivity contribution in [3.63, 3.8) is 0 Å². The van der Waals surface area contributed by atoms with Crippen molar-refractivity contribution in [1.82, 2.24) is 24.6 Å². The number of rotatable bonds is 7. The van der Waals surface area contributed by atoms with Gasteiger partial charge in [-0.15, -0.1) is 0 Å². The molecule has 0 radical (unpaired) electrons. The average molecular weight is 337 g/mol. The Bertz CT molecular complexity index is 802. The number of hydrogen-bond donors (Lipinski definition) is 0. The number of aromatic nitrogens is 4. The van der Waals surface area contributed by atoms with Crippen LogP contribution in [0.3, 0.4) is 0 Å². The first-order chi connectivity index (χ1) is 12.2. The summed E-state index contributed by atoms with van der Waals surface area (Å²) in [6, 6.07) is 8.22. The van der Waals surface area contributed by atoms with Crippen molar-refractivity contribution < 1.29 is 4.74 Å². The van der Waals surface area contributed by atoms with Gasteiger partial charge in [0.15, 0.2) is 0 Å². The standard InChI is InChI=1S/C19H23N5O/c1-15(10-17-12-20-8-9-21-17)23(2)13-16-11-22-24(14-16)18-6-4-5-7-19(18)25-3/h4-9,11-12,14-15H,10,13H2,1-3H3/t15-/m0/s1. The second kappa shape index (κ2) is 7.90. The molecule has 3 aromatic rings. The summed E-state index contributed by atoms with van der Waals surface area (Å²) in [5, 5.41) is 4.48. The molecule has 0 amide bonds. The van der Waals surface area contributed by atoms with Crippen molar-refractivity contribution >= 4 is 0 Å². The summed E-state index contributed by atoms with van der Waals surface area (Å²) in [6.45, 7) is 3.01. The lowest BCUT2D eigenvalue weighted by molar-refractivity contribution is 0.246. The first kappa shape index (κ1) is 17.1. The molecule has 0 aliphatic rings. The minimum absolute atomic E-state index is 0.353. The molecule has 0 saturated carbocycles. The summed E-state index contributed by atoms with van der Waals surface area (Å²) in [4.78, 5) is 10.8. The van der Waals surface area contributed by atoms with Crippen LogP contribution in [0.15, 0.2) is 55.2 Å². The number of para-hydroxylation sites is 2. The fraction of sp³-hybridized carbons (Fsp3) is 0.316. The largest absolute Gasteiger partial charge is 0.494 e. The molecule has 25 heavy (non-hydrogen) atoms. The molecule has 0 fully saturated rings. The summed E-state index contributed by atoms with van der Waals surface area (Å²) in [7, 11) is 3.78. The molecule has 6 nitrogen and oxygen atoms in total. The van der Waals surface area contributed by atoms with Crippen molar-refractivity contribution in [2.24, 2.45) is 0 Å². The van der Waals surface area contributed by atoms with E-state index < -0.39 is 0 Å². The van der Waals surface area contributed by atoms with Crippen molar-refractivity contribution in [2.45, 2.75) is 25.9 Å². The van der Waals surface area contributed by atoms with Crippen LogP contribution in [0.1, 0.15) is 18.2 Å². The van der Waals surface area contributed by atoms with Gasteiger partial charge in [-0.2, -0.15) is 5.10 Å². The highest BCUT2D eigenvalue weighted by molar-refractivity contribution is 5.46. The van der Waals surface area contributed by atoms with Gasteiger partial charge in [0, 0.05) is 49.4 Å². The topological polar surface area (TPSA) is 56.1 Å². The summed E-state index contributed by atoms with van der Waals surface area (Å²) >= 11 is 0. The number of benzene rings is 1. The van der Waals surface area contributed by atoms with E-state index in [-0.39, 0.29) is 0 Å². The van der Waals surface area contributed by atoms with E-state index in [1.807, 2.05) is 47.5 Å². The van der Waals surface area contributed by atoms with Gasteiger partial charge in [-0.25, -0.2) is 4.68 Å². The lowest BCUT2D eigenvalue weighted by atomic mass is 10.1. The number of ether oxygens (including phenoxy) is 1. The van der Waals surface area contributed by atoms with Gasteiger partial charge in [0.05, 0.1) is 19.0 Å². The highest BCUT2D eigenvalue weighted by atomic mass is 16.5. The Labute approximate surface area is 148 Å². The number of methoxy groups -OCH3 is 1. The lowest BCUT2D eigenvalue weighted by Gasteiger charge is -2.23. The van der Waals surface area contributed by atoms with Crippen LogP contribution in [0.4, 0.5) is 0 Å². The molecule has 0 aliphatic heterocycles. The Morgan fingerprint density at radius 3 is 2.80 bits per heavy atom. The quantitative estimate of drug-likeness (QED) is 0.663. The van der Waals surface area contributed by atoms with Gasteiger partial charge in [0.25, 0.3) is 0 Å². The lowest BCUT2D eigenvalue weighted by Crippen LogP contribution is -2.30. The van der Waals surface area contributed by atoms with Gasteiger partial charge in [0.1, 0.15) is 11.4 Å². The van der Waals surface area contributed by atoms with Crippen LogP contribution in [-0.2, 0) is 13.0 Å². The van der Waals surface area contributed by atoms with E-state index in [9.17, 15) is 0 Å². The zero-order valence-electron chi connectivity index (χ0n) is 14.8. The molecule has 1 aromatic carbocycles. The SMILES string of the molecule is COc1ccccc1-n1cc(CN(C)[C@@H](C)Cc2cnccn2)cn1. The maximum atomic E-state index is 5.41. The summed E-state index contributed by atoms with van der Waals surface area (Å²) in [6.07, 6.45) is 10.1. The Hall–Kier alpha value is -2.73. The Balaban J connectivity index is 1.66. The second-order valence-corrected chi connectivity index (χ2v) is 6.13. The van der Waals surface area contributed by atoms with E-state index in [0.717, 1.165) is 35.7 Å². The number of hydrogen-bond acceptors (Lipinski definition) is 5. The van der Waals surface area contributed by atoms with E-state index in [0.29, 0.717) is 6.04 Å². The molecule has 2 aromatic heterocycles. The van der Waals surface area contributed by atoms with Gasteiger partial charge in [-0.1, -0.05) is 12.1 Å². The molecule has 1 atom stereocenters. The Kier molecular flexibility index (Phi) is 5.40. The predicted molar refractivity (Wildman–Crippen MR) is 96.8 cm³/mol. The molecule has 0 spiro atoms. The van der Waals surface area contributed by atoms with Gasteiger partial charge in [-0.3, -0.25) is 14.9 Å². The van der Waals surface area contributed by atoms with Gasteiger partial charge >= 0.3 is 0 Å². The first-order valence-corrected chi connectivity index (χ1v) is 8.29. The Morgan fingerprint density at radius 2 is 2.04 bits per heavy atom. The molecule has 0 bridgehead atoms. The van der Waals surface area contributed by atoms with E-state index in [2.05, 4.69) is 33.9 Å². The van der Waals surface area contributed by atoms with Gasteiger partial charge in [-0.05, 0) is 26.1 Å². The molecule has 2 heterocycles. The van der Waals surface area contributed by atoms with Gasteiger partial charge < -0.3 is 4.74 Å². The third-order valence-corrected chi connectivity index (χ3v) is 4.27. The van der Waals surface area contributed by atoms with Gasteiger partial charge in [0.2, 0.25) is 0 Å². The highest BCUT2D eigenvalue weighted by Crippen LogP contribution is 2.22. The van der Waals surface area contributed by atoms with Crippen LogP contribution in [0.5, 0.6) is 5.75 Å². The maximum Gasteiger partial charge on any atom is 0.144 e. The van der Waals surface area contributed by atoms with E-state index in [4.69, 9.17) is 4.74 Å². The summed E-state index contributed by atoms with van der Waals surface area (Å²) in [5.74, 6) is 0.807. The molecular formula is C19H23N5O. The van der Waals surface area contributed by atoms with Crippen molar-refractivity contribution in [1.29, 1.82) is 0 Å². The molecule has 3 rings (SSSR count). The second-order valence-electron chi connectivity index (χ2n) is 6.13. The molecule has 0 saturated heterocycles. The van der Waals surface area contributed by atoms with Crippen molar-refractivity contribution in [2.75, 3.05) is 14.2 Å². The van der Waals surface area contributed by atoms with Crippen molar-refractivity contribution in [3.8, 4) is 11.4 Å². The fourth-order valence-corrected chi connectivity index (χ4v) is 2.73. The van der Waals surface area contributed by atoms with Crippen LogP contribution >= 0.6 is 0 Å².